The number of aliphatic hydroxyl groups is 2. The summed E-state index contributed by atoms with van der Waals surface area (Å²) in [5.74, 6) is 3.26. The van der Waals surface area contributed by atoms with Gasteiger partial charge in [-0.3, -0.25) is 0 Å². The monoisotopic (exact) mass is 402 g/mol. The van der Waals surface area contributed by atoms with Crippen molar-refractivity contribution in [3.8, 4) is 5.75 Å². The van der Waals surface area contributed by atoms with Crippen LogP contribution in [-0.2, 0) is 11.2 Å². The van der Waals surface area contributed by atoms with Crippen molar-refractivity contribution in [1.29, 1.82) is 0 Å². The van der Waals surface area contributed by atoms with E-state index in [0.29, 0.717) is 30.3 Å². The van der Waals surface area contributed by atoms with Gasteiger partial charge in [-0.2, -0.15) is 0 Å². The van der Waals surface area contributed by atoms with Crippen molar-refractivity contribution in [2.24, 2.45) is 23.2 Å². The van der Waals surface area contributed by atoms with Crippen LogP contribution in [-0.4, -0.2) is 36.8 Å². The normalized spacial score (nSPS) is 34.2. The molecule has 29 heavy (non-hydrogen) atoms. The highest BCUT2D eigenvalue weighted by atomic mass is 16.6. The first kappa shape index (κ1) is 21.1. The second-order valence-corrected chi connectivity index (χ2v) is 9.43. The summed E-state index contributed by atoms with van der Waals surface area (Å²) in [5, 5.41) is 20.5. The zero-order valence-electron chi connectivity index (χ0n) is 18.1. The van der Waals surface area contributed by atoms with Crippen molar-refractivity contribution in [3.63, 3.8) is 0 Å². The van der Waals surface area contributed by atoms with Crippen LogP contribution in [0.3, 0.4) is 0 Å². The molecule has 0 heterocycles. The Bertz CT molecular complexity index is 689. The van der Waals surface area contributed by atoms with Crippen LogP contribution in [0, 0.1) is 23.2 Å². The molecule has 0 radical (unpaired) electrons. The molecule has 6 atom stereocenters. The number of unbranched alkanes of at least 4 members (excludes halogenated alkanes) is 1. The minimum atomic E-state index is -0.655. The zero-order chi connectivity index (χ0) is 20.4. The number of methoxy groups -OCH3 is 1. The molecule has 4 rings (SSSR count). The Morgan fingerprint density at radius 1 is 1.17 bits per heavy atom. The minimum Gasteiger partial charge on any atom is -0.497 e. The number of rotatable bonds is 8. The van der Waals surface area contributed by atoms with E-state index in [4.69, 9.17) is 9.47 Å². The molecule has 3 aliphatic carbocycles. The lowest BCUT2D eigenvalue weighted by Crippen LogP contribution is -2.51. The molecule has 2 N–H and O–H groups in total. The molecule has 0 saturated heterocycles. The van der Waals surface area contributed by atoms with Crippen molar-refractivity contribution in [3.05, 3.63) is 29.3 Å². The number of aryl methyl sites for hydroxylation is 1. The number of aliphatic hydroxyl groups excluding tert-OH is 2. The van der Waals surface area contributed by atoms with Gasteiger partial charge in [0.05, 0.1) is 7.11 Å². The summed E-state index contributed by atoms with van der Waals surface area (Å²) < 4.78 is 11.3. The van der Waals surface area contributed by atoms with E-state index < -0.39 is 6.29 Å². The van der Waals surface area contributed by atoms with Gasteiger partial charge in [-0.25, -0.2) is 0 Å². The summed E-state index contributed by atoms with van der Waals surface area (Å²) in [6, 6.07) is 6.64. The standard InChI is InChI=1S/C25H38O4/c1-3-29-24(27)25-14-13-21-20-11-9-19(28-2)16-17(20)7-10-22(21)23(25)12-8-18(25)6-4-5-15-26/h9,11,16,18,21-24,26-27H,3-8,10,12-15H2,1-2H3/t18-,21-,22-,23+,24?,25+/m1/s1. The number of benzene rings is 1. The molecule has 1 aromatic rings. The van der Waals surface area contributed by atoms with Crippen LogP contribution < -0.4 is 4.74 Å². The topological polar surface area (TPSA) is 58.9 Å². The van der Waals surface area contributed by atoms with Gasteiger partial charge in [0.15, 0.2) is 6.29 Å². The SMILES string of the molecule is CCOC(O)[C@]12CC[C@@H]3c4ccc(OC)cc4CC[C@H]3[C@@H]1CC[C@H]2CCCCO. The van der Waals surface area contributed by atoms with E-state index in [2.05, 4.69) is 18.2 Å². The van der Waals surface area contributed by atoms with Crippen LogP contribution in [0.1, 0.15) is 75.3 Å². The predicted octanol–water partition coefficient (Wildman–Crippen LogP) is 4.67. The lowest BCUT2D eigenvalue weighted by molar-refractivity contribution is -0.220. The maximum atomic E-state index is 11.2. The average Bonchev–Trinajstić information content (AvgIpc) is 3.13. The first-order valence-electron chi connectivity index (χ1n) is 11.7. The fourth-order valence-corrected chi connectivity index (χ4v) is 7.26. The van der Waals surface area contributed by atoms with E-state index in [1.54, 1.807) is 7.11 Å². The maximum Gasteiger partial charge on any atom is 0.160 e. The van der Waals surface area contributed by atoms with E-state index in [-0.39, 0.29) is 12.0 Å². The molecule has 4 heteroatoms. The largest absolute Gasteiger partial charge is 0.497 e. The second-order valence-electron chi connectivity index (χ2n) is 9.43. The summed E-state index contributed by atoms with van der Waals surface area (Å²) in [4.78, 5) is 0. The third kappa shape index (κ3) is 3.62. The molecule has 0 amide bonds. The quantitative estimate of drug-likeness (QED) is 0.490. The van der Waals surface area contributed by atoms with Gasteiger partial charge >= 0.3 is 0 Å². The van der Waals surface area contributed by atoms with E-state index in [1.807, 2.05) is 6.92 Å². The molecule has 2 fully saturated rings. The van der Waals surface area contributed by atoms with E-state index in [9.17, 15) is 10.2 Å². The molecule has 0 aliphatic heterocycles. The van der Waals surface area contributed by atoms with Gasteiger partial charge in [-0.15, -0.1) is 0 Å². The lowest BCUT2D eigenvalue weighted by Gasteiger charge is -2.54. The van der Waals surface area contributed by atoms with Crippen LogP contribution in [0.2, 0.25) is 0 Å². The van der Waals surface area contributed by atoms with Crippen LogP contribution in [0.5, 0.6) is 5.75 Å². The third-order valence-electron chi connectivity index (χ3n) is 8.44. The molecule has 0 aromatic heterocycles. The van der Waals surface area contributed by atoms with Gasteiger partial charge < -0.3 is 19.7 Å². The van der Waals surface area contributed by atoms with Crippen LogP contribution in [0.15, 0.2) is 18.2 Å². The Hall–Kier alpha value is -1.10. The fraction of sp³-hybridized carbons (Fsp3) is 0.760. The predicted molar refractivity (Wildman–Crippen MR) is 114 cm³/mol. The van der Waals surface area contributed by atoms with Gasteiger partial charge in [-0.1, -0.05) is 12.5 Å². The molecule has 0 bridgehead atoms. The summed E-state index contributed by atoms with van der Waals surface area (Å²) in [5.41, 5.74) is 2.88. The highest BCUT2D eigenvalue weighted by Gasteiger charge is 2.60. The highest BCUT2D eigenvalue weighted by molar-refractivity contribution is 5.40. The summed E-state index contributed by atoms with van der Waals surface area (Å²) in [6.07, 6.45) is 9.27. The fourth-order valence-electron chi connectivity index (χ4n) is 7.26. The second kappa shape index (κ2) is 8.95. The third-order valence-corrected chi connectivity index (χ3v) is 8.44. The van der Waals surface area contributed by atoms with Crippen molar-refractivity contribution >= 4 is 0 Å². The Morgan fingerprint density at radius 2 is 2.03 bits per heavy atom. The van der Waals surface area contributed by atoms with Crippen molar-refractivity contribution in [2.75, 3.05) is 20.3 Å². The van der Waals surface area contributed by atoms with Crippen LogP contribution in [0.4, 0.5) is 0 Å². The van der Waals surface area contributed by atoms with E-state index in [1.165, 1.54) is 30.4 Å². The lowest BCUT2D eigenvalue weighted by atomic mass is 9.52. The first-order valence-corrected chi connectivity index (χ1v) is 11.7. The van der Waals surface area contributed by atoms with Gasteiger partial charge in [0, 0.05) is 18.6 Å². The first-order chi connectivity index (χ1) is 14.2. The molecular formula is C25H38O4. The smallest absolute Gasteiger partial charge is 0.160 e. The minimum absolute atomic E-state index is 0.101. The number of ether oxygens (including phenoxy) is 2. The number of fused-ring (bicyclic) bond motifs is 5. The number of hydrogen-bond acceptors (Lipinski definition) is 4. The Labute approximate surface area is 175 Å². The number of hydrogen-bond donors (Lipinski definition) is 2. The molecule has 0 spiro atoms. The van der Waals surface area contributed by atoms with E-state index in [0.717, 1.165) is 44.3 Å². The molecule has 4 nitrogen and oxygen atoms in total. The van der Waals surface area contributed by atoms with Gasteiger partial charge in [-0.05, 0) is 105 Å². The molecule has 1 aromatic carbocycles. The van der Waals surface area contributed by atoms with E-state index >= 15 is 0 Å². The maximum absolute atomic E-state index is 11.2. The van der Waals surface area contributed by atoms with Crippen molar-refractivity contribution in [1.82, 2.24) is 0 Å². The summed E-state index contributed by atoms with van der Waals surface area (Å²) >= 11 is 0. The Kier molecular flexibility index (Phi) is 6.53. The summed E-state index contributed by atoms with van der Waals surface area (Å²) in [7, 11) is 1.74. The van der Waals surface area contributed by atoms with Gasteiger partial charge in [0.1, 0.15) is 5.75 Å². The van der Waals surface area contributed by atoms with Crippen molar-refractivity contribution in [2.45, 2.75) is 76.9 Å². The molecule has 2 saturated carbocycles. The van der Waals surface area contributed by atoms with Gasteiger partial charge in [0.2, 0.25) is 0 Å². The molecular weight excluding hydrogens is 364 g/mol. The van der Waals surface area contributed by atoms with Crippen LogP contribution >= 0.6 is 0 Å². The molecule has 162 valence electrons. The highest BCUT2D eigenvalue weighted by Crippen LogP contribution is 2.65. The van der Waals surface area contributed by atoms with Crippen molar-refractivity contribution < 1.29 is 19.7 Å². The Morgan fingerprint density at radius 3 is 2.79 bits per heavy atom. The average molecular weight is 403 g/mol. The van der Waals surface area contributed by atoms with Gasteiger partial charge in [0.25, 0.3) is 0 Å². The zero-order valence-corrected chi connectivity index (χ0v) is 18.1. The Balaban J connectivity index is 1.62. The molecule has 1 unspecified atom stereocenters. The van der Waals surface area contributed by atoms with Crippen LogP contribution in [0.25, 0.3) is 0 Å². The summed E-state index contributed by atoms with van der Waals surface area (Å²) in [6.45, 7) is 2.82. The molecule has 3 aliphatic rings.